The lowest BCUT2D eigenvalue weighted by Crippen LogP contribution is -2.44. The van der Waals surface area contributed by atoms with E-state index >= 15 is 0 Å². The van der Waals surface area contributed by atoms with E-state index in [1.165, 1.54) is 0 Å². The highest BCUT2D eigenvalue weighted by Gasteiger charge is 2.26. The molecule has 0 bridgehead atoms. The summed E-state index contributed by atoms with van der Waals surface area (Å²) in [6.07, 6.45) is 6.10. The smallest absolute Gasteiger partial charge is 0.180 e. The second kappa shape index (κ2) is 4.25. The van der Waals surface area contributed by atoms with E-state index in [2.05, 4.69) is 20.2 Å². The summed E-state index contributed by atoms with van der Waals surface area (Å²) in [7, 11) is 0. The van der Waals surface area contributed by atoms with Gasteiger partial charge >= 0.3 is 0 Å². The summed E-state index contributed by atoms with van der Waals surface area (Å²) >= 11 is 0. The Balaban J connectivity index is 1.79. The second-order valence-electron chi connectivity index (χ2n) is 4.26. The minimum Gasteiger partial charge on any atom is -0.485 e. The molecule has 0 amide bonds. The normalized spacial score (nSPS) is 20.9. The van der Waals surface area contributed by atoms with Crippen molar-refractivity contribution in [2.75, 3.05) is 31.1 Å². The Morgan fingerprint density at radius 3 is 2.88 bits per heavy atom. The number of anilines is 1. The first kappa shape index (κ1) is 9.84. The maximum absolute atomic E-state index is 5.82. The predicted octanol–water partition coefficient (Wildman–Crippen LogP) is 0.427. The molecule has 1 N–H and O–H groups in total. The fraction of sp³-hybridized carbons (Fsp3) is 0.636. The first-order chi connectivity index (χ1) is 7.93. The fourth-order valence-electron chi connectivity index (χ4n) is 1.87. The molecule has 0 atom stereocenters. The van der Waals surface area contributed by atoms with Crippen LogP contribution in [0.2, 0.25) is 0 Å². The maximum Gasteiger partial charge on any atom is 0.180 e. The molecule has 0 aromatic carbocycles. The highest BCUT2D eigenvalue weighted by molar-refractivity contribution is 5.51. The van der Waals surface area contributed by atoms with Gasteiger partial charge in [0, 0.05) is 26.2 Å². The zero-order valence-electron chi connectivity index (χ0n) is 9.22. The van der Waals surface area contributed by atoms with Crippen molar-refractivity contribution >= 4 is 5.82 Å². The van der Waals surface area contributed by atoms with Crippen molar-refractivity contribution in [1.82, 2.24) is 15.3 Å². The van der Waals surface area contributed by atoms with Crippen LogP contribution < -0.4 is 15.0 Å². The molecule has 1 saturated heterocycles. The van der Waals surface area contributed by atoms with Crippen molar-refractivity contribution in [1.29, 1.82) is 0 Å². The minimum atomic E-state index is 0.396. The van der Waals surface area contributed by atoms with Crippen LogP contribution in [0.4, 0.5) is 5.82 Å². The van der Waals surface area contributed by atoms with E-state index in [0.29, 0.717) is 6.10 Å². The summed E-state index contributed by atoms with van der Waals surface area (Å²) in [5.41, 5.74) is 0. The zero-order valence-corrected chi connectivity index (χ0v) is 9.22. The second-order valence-corrected chi connectivity index (χ2v) is 4.26. The van der Waals surface area contributed by atoms with Crippen LogP contribution in [-0.4, -0.2) is 42.3 Å². The van der Waals surface area contributed by atoms with E-state index in [-0.39, 0.29) is 0 Å². The predicted molar refractivity (Wildman–Crippen MR) is 60.8 cm³/mol. The van der Waals surface area contributed by atoms with Crippen LogP contribution in [0.15, 0.2) is 12.5 Å². The Hall–Kier alpha value is -1.36. The van der Waals surface area contributed by atoms with E-state index in [0.717, 1.165) is 50.6 Å². The largest absolute Gasteiger partial charge is 0.485 e. The molecular weight excluding hydrogens is 204 g/mol. The van der Waals surface area contributed by atoms with Crippen LogP contribution >= 0.6 is 0 Å². The van der Waals surface area contributed by atoms with Gasteiger partial charge in [-0.15, -0.1) is 0 Å². The SMILES string of the molecule is c1ncc(OC2CC2)c(N2CCNCC2)n1. The van der Waals surface area contributed by atoms with E-state index in [9.17, 15) is 0 Å². The van der Waals surface area contributed by atoms with Crippen LogP contribution in [0.25, 0.3) is 0 Å². The third kappa shape index (κ3) is 2.09. The number of hydrogen-bond donors (Lipinski definition) is 1. The number of piperazine rings is 1. The molecule has 3 rings (SSSR count). The highest BCUT2D eigenvalue weighted by atomic mass is 16.5. The monoisotopic (exact) mass is 220 g/mol. The highest BCUT2D eigenvalue weighted by Crippen LogP contribution is 2.31. The summed E-state index contributed by atoms with van der Waals surface area (Å²) in [5, 5.41) is 3.33. The third-order valence-electron chi connectivity index (χ3n) is 2.89. The molecule has 86 valence electrons. The van der Waals surface area contributed by atoms with Crippen LogP contribution in [0.1, 0.15) is 12.8 Å². The van der Waals surface area contributed by atoms with E-state index in [1.807, 2.05) is 0 Å². The van der Waals surface area contributed by atoms with E-state index in [1.54, 1.807) is 12.5 Å². The van der Waals surface area contributed by atoms with Gasteiger partial charge in [-0.25, -0.2) is 9.97 Å². The molecule has 0 radical (unpaired) electrons. The Labute approximate surface area is 94.8 Å². The molecule has 2 aliphatic rings. The van der Waals surface area contributed by atoms with E-state index in [4.69, 9.17) is 4.74 Å². The molecule has 1 aliphatic carbocycles. The van der Waals surface area contributed by atoms with Gasteiger partial charge in [-0.3, -0.25) is 0 Å². The van der Waals surface area contributed by atoms with Gasteiger partial charge < -0.3 is 15.0 Å². The molecule has 1 saturated carbocycles. The number of rotatable bonds is 3. The van der Waals surface area contributed by atoms with Crippen molar-refractivity contribution in [3.63, 3.8) is 0 Å². The fourth-order valence-corrected chi connectivity index (χ4v) is 1.87. The Morgan fingerprint density at radius 2 is 2.12 bits per heavy atom. The average molecular weight is 220 g/mol. The number of nitrogens with zero attached hydrogens (tertiary/aromatic N) is 3. The molecule has 16 heavy (non-hydrogen) atoms. The summed E-state index contributed by atoms with van der Waals surface area (Å²) in [6.45, 7) is 3.98. The van der Waals surface area contributed by atoms with Crippen LogP contribution in [0.3, 0.4) is 0 Å². The lowest BCUT2D eigenvalue weighted by Gasteiger charge is -2.29. The van der Waals surface area contributed by atoms with Crippen LogP contribution in [0.5, 0.6) is 5.75 Å². The quantitative estimate of drug-likeness (QED) is 0.800. The maximum atomic E-state index is 5.82. The van der Waals surface area contributed by atoms with Gasteiger partial charge in [-0.1, -0.05) is 0 Å². The molecule has 0 spiro atoms. The molecule has 1 aliphatic heterocycles. The van der Waals surface area contributed by atoms with Gasteiger partial charge in [-0.2, -0.15) is 0 Å². The van der Waals surface area contributed by atoms with Gasteiger partial charge in [0.05, 0.1) is 12.3 Å². The first-order valence-corrected chi connectivity index (χ1v) is 5.86. The van der Waals surface area contributed by atoms with Gasteiger partial charge in [0.25, 0.3) is 0 Å². The lowest BCUT2D eigenvalue weighted by molar-refractivity contribution is 0.300. The number of nitrogens with one attached hydrogen (secondary N) is 1. The molecule has 5 heteroatoms. The minimum absolute atomic E-state index is 0.396. The standard InChI is InChI=1S/C11H16N4O/c1-2-9(1)16-10-7-13-8-14-11(10)15-5-3-12-4-6-15/h7-9,12H,1-6H2. The topological polar surface area (TPSA) is 50.3 Å². The van der Waals surface area contributed by atoms with Crippen molar-refractivity contribution in [2.24, 2.45) is 0 Å². The van der Waals surface area contributed by atoms with Crippen molar-refractivity contribution < 1.29 is 4.74 Å². The average Bonchev–Trinajstić information content (AvgIpc) is 3.15. The van der Waals surface area contributed by atoms with Crippen molar-refractivity contribution in [3.05, 3.63) is 12.5 Å². The Kier molecular flexibility index (Phi) is 2.61. The van der Waals surface area contributed by atoms with Gasteiger partial charge in [0.1, 0.15) is 6.33 Å². The van der Waals surface area contributed by atoms with E-state index < -0.39 is 0 Å². The van der Waals surface area contributed by atoms with Gasteiger partial charge in [0.15, 0.2) is 11.6 Å². The molecule has 1 aromatic heterocycles. The van der Waals surface area contributed by atoms with Crippen molar-refractivity contribution in [2.45, 2.75) is 18.9 Å². The summed E-state index contributed by atoms with van der Waals surface area (Å²) in [4.78, 5) is 10.6. The summed E-state index contributed by atoms with van der Waals surface area (Å²) < 4.78 is 5.82. The number of ether oxygens (including phenoxy) is 1. The molecule has 2 fully saturated rings. The van der Waals surface area contributed by atoms with Crippen molar-refractivity contribution in [3.8, 4) is 5.75 Å². The summed E-state index contributed by atoms with van der Waals surface area (Å²) in [6, 6.07) is 0. The Bertz CT molecular complexity index is 361. The van der Waals surface area contributed by atoms with Gasteiger partial charge in [-0.05, 0) is 12.8 Å². The first-order valence-electron chi connectivity index (χ1n) is 5.86. The molecule has 5 nitrogen and oxygen atoms in total. The number of hydrogen-bond acceptors (Lipinski definition) is 5. The Morgan fingerprint density at radius 1 is 1.31 bits per heavy atom. The van der Waals surface area contributed by atoms with Gasteiger partial charge in [0.2, 0.25) is 0 Å². The molecule has 2 heterocycles. The summed E-state index contributed by atoms with van der Waals surface area (Å²) in [5.74, 6) is 1.79. The molecular formula is C11H16N4O. The van der Waals surface area contributed by atoms with Crippen LogP contribution in [-0.2, 0) is 0 Å². The van der Waals surface area contributed by atoms with Crippen LogP contribution in [0, 0.1) is 0 Å². The lowest BCUT2D eigenvalue weighted by atomic mass is 10.3. The molecule has 0 unspecified atom stereocenters. The molecule has 1 aromatic rings. The zero-order chi connectivity index (χ0) is 10.8. The third-order valence-corrected chi connectivity index (χ3v) is 2.89. The number of aromatic nitrogens is 2.